The summed E-state index contributed by atoms with van der Waals surface area (Å²) in [5.41, 5.74) is 1.84. The minimum Gasteiger partial charge on any atom is -0.461 e. The average Bonchev–Trinajstić information content (AvgIpc) is 3.23. The normalized spacial score (nSPS) is 11.0. The Bertz CT molecular complexity index is 1050. The quantitative estimate of drug-likeness (QED) is 0.575. The van der Waals surface area contributed by atoms with Gasteiger partial charge < -0.3 is 18.7 Å². The van der Waals surface area contributed by atoms with E-state index in [2.05, 4.69) is 15.5 Å². The highest BCUT2D eigenvalue weighted by Crippen LogP contribution is 2.21. The smallest absolute Gasteiger partial charge is 0.336 e. The summed E-state index contributed by atoms with van der Waals surface area (Å²) in [6.45, 7) is 2.22. The van der Waals surface area contributed by atoms with Crippen LogP contribution in [-0.2, 0) is 6.54 Å². The number of furan rings is 1. The van der Waals surface area contributed by atoms with Gasteiger partial charge in [0, 0.05) is 23.2 Å². The molecule has 3 heterocycles. The van der Waals surface area contributed by atoms with E-state index in [9.17, 15) is 4.79 Å². The van der Waals surface area contributed by atoms with Gasteiger partial charge in [0.1, 0.15) is 5.58 Å². The third-order valence-corrected chi connectivity index (χ3v) is 3.60. The van der Waals surface area contributed by atoms with Crippen LogP contribution in [0.15, 0.2) is 60.8 Å². The summed E-state index contributed by atoms with van der Waals surface area (Å²) in [4.78, 5) is 15.7. The molecule has 24 heavy (non-hydrogen) atoms. The lowest BCUT2D eigenvalue weighted by Gasteiger charge is -2.05. The highest BCUT2D eigenvalue weighted by atomic mass is 16.5. The van der Waals surface area contributed by atoms with Crippen LogP contribution in [0.5, 0.6) is 0 Å². The summed E-state index contributed by atoms with van der Waals surface area (Å²) >= 11 is 0. The number of rotatable bonds is 4. The zero-order valence-electron chi connectivity index (χ0n) is 12.8. The van der Waals surface area contributed by atoms with Gasteiger partial charge in [0.2, 0.25) is 11.7 Å². The lowest BCUT2D eigenvalue weighted by Crippen LogP contribution is -2.01. The Hall–Kier alpha value is -3.35. The minimum atomic E-state index is -0.364. The second-order valence-electron chi connectivity index (χ2n) is 5.30. The molecule has 0 atom stereocenters. The maximum absolute atomic E-state index is 11.5. The second-order valence-corrected chi connectivity index (χ2v) is 5.30. The van der Waals surface area contributed by atoms with Gasteiger partial charge in [-0.3, -0.25) is 0 Å². The summed E-state index contributed by atoms with van der Waals surface area (Å²) in [7, 11) is 0. The Balaban J connectivity index is 1.54. The first-order chi connectivity index (χ1) is 11.7. The molecule has 3 aromatic heterocycles. The van der Waals surface area contributed by atoms with Crippen molar-refractivity contribution < 1.29 is 13.4 Å². The Morgan fingerprint density at radius 2 is 2.12 bits per heavy atom. The van der Waals surface area contributed by atoms with Crippen LogP contribution < -0.4 is 10.9 Å². The molecule has 0 spiro atoms. The predicted molar refractivity (Wildman–Crippen MR) is 86.5 cm³/mol. The molecule has 1 aromatic carbocycles. The number of hydrogen-bond donors (Lipinski definition) is 1. The van der Waals surface area contributed by atoms with E-state index in [1.54, 1.807) is 24.5 Å². The molecule has 1 N–H and O–H groups in total. The molecule has 0 amide bonds. The maximum atomic E-state index is 11.5. The van der Waals surface area contributed by atoms with Crippen molar-refractivity contribution in [3.8, 4) is 11.6 Å². The lowest BCUT2D eigenvalue weighted by atomic mass is 10.1. The van der Waals surface area contributed by atoms with E-state index in [-0.39, 0.29) is 5.63 Å². The van der Waals surface area contributed by atoms with Crippen molar-refractivity contribution >= 4 is 16.7 Å². The first kappa shape index (κ1) is 14.3. The number of nitrogens with one attached hydrogen (secondary N) is 1. The Labute approximate surface area is 135 Å². The fourth-order valence-corrected chi connectivity index (χ4v) is 2.45. The van der Waals surface area contributed by atoms with Crippen LogP contribution in [0.2, 0.25) is 0 Å². The van der Waals surface area contributed by atoms with Crippen LogP contribution in [0, 0.1) is 6.92 Å². The van der Waals surface area contributed by atoms with Gasteiger partial charge in [-0.1, -0.05) is 5.16 Å². The molecule has 0 aliphatic rings. The molecule has 0 saturated heterocycles. The van der Waals surface area contributed by atoms with Crippen molar-refractivity contribution in [1.82, 2.24) is 10.1 Å². The highest BCUT2D eigenvalue weighted by Gasteiger charge is 2.11. The zero-order valence-corrected chi connectivity index (χ0v) is 12.8. The molecule has 0 unspecified atom stereocenters. The molecular weight excluding hydrogens is 310 g/mol. The average molecular weight is 323 g/mol. The molecule has 7 nitrogen and oxygen atoms in total. The third kappa shape index (κ3) is 2.67. The van der Waals surface area contributed by atoms with Crippen LogP contribution in [0.25, 0.3) is 22.6 Å². The van der Waals surface area contributed by atoms with E-state index in [1.807, 2.05) is 19.1 Å². The van der Waals surface area contributed by atoms with Crippen LogP contribution in [0.4, 0.5) is 5.69 Å². The van der Waals surface area contributed by atoms with E-state index < -0.39 is 0 Å². The Morgan fingerprint density at radius 1 is 1.21 bits per heavy atom. The predicted octanol–water partition coefficient (Wildman–Crippen LogP) is 3.36. The molecular formula is C17H13N3O4. The number of fused-ring (bicyclic) bond motifs is 1. The van der Waals surface area contributed by atoms with E-state index >= 15 is 0 Å². The first-order valence-electron chi connectivity index (χ1n) is 7.34. The van der Waals surface area contributed by atoms with Crippen molar-refractivity contribution in [3.05, 3.63) is 64.5 Å². The zero-order chi connectivity index (χ0) is 16.5. The fraction of sp³-hybridized carbons (Fsp3) is 0.118. The Morgan fingerprint density at radius 3 is 2.96 bits per heavy atom. The van der Waals surface area contributed by atoms with Gasteiger partial charge in [0.15, 0.2) is 5.76 Å². The van der Waals surface area contributed by atoms with Crippen molar-refractivity contribution in [3.63, 3.8) is 0 Å². The van der Waals surface area contributed by atoms with Crippen LogP contribution in [-0.4, -0.2) is 10.1 Å². The number of aryl methyl sites for hydroxylation is 1. The molecule has 0 saturated carbocycles. The van der Waals surface area contributed by atoms with Crippen LogP contribution in [0.1, 0.15) is 11.5 Å². The summed E-state index contributed by atoms with van der Waals surface area (Å²) in [5.74, 6) is 1.37. The lowest BCUT2D eigenvalue weighted by molar-refractivity contribution is 0.382. The van der Waals surface area contributed by atoms with Gasteiger partial charge in [-0.15, -0.1) is 0 Å². The SMILES string of the molecule is Cc1cc(=O)oc2cc(NCc3nc(-c4ccco4)no3)ccc12. The molecule has 4 rings (SSSR count). The van der Waals surface area contributed by atoms with E-state index in [0.29, 0.717) is 29.6 Å². The monoisotopic (exact) mass is 323 g/mol. The highest BCUT2D eigenvalue weighted by molar-refractivity contribution is 5.83. The van der Waals surface area contributed by atoms with Crippen molar-refractivity contribution in [2.75, 3.05) is 5.32 Å². The van der Waals surface area contributed by atoms with Gasteiger partial charge in [0.05, 0.1) is 12.8 Å². The fourth-order valence-electron chi connectivity index (χ4n) is 2.45. The molecule has 0 radical (unpaired) electrons. The van der Waals surface area contributed by atoms with Gasteiger partial charge in [-0.2, -0.15) is 4.98 Å². The number of benzene rings is 1. The molecule has 0 aliphatic carbocycles. The van der Waals surface area contributed by atoms with Crippen LogP contribution >= 0.6 is 0 Å². The van der Waals surface area contributed by atoms with Crippen molar-refractivity contribution in [2.45, 2.75) is 13.5 Å². The molecule has 0 bridgehead atoms. The number of aromatic nitrogens is 2. The second kappa shape index (κ2) is 5.69. The Kier molecular flexibility index (Phi) is 3.38. The summed E-state index contributed by atoms with van der Waals surface area (Å²) in [6.07, 6.45) is 1.55. The van der Waals surface area contributed by atoms with Gasteiger partial charge in [0.25, 0.3) is 0 Å². The van der Waals surface area contributed by atoms with Crippen LogP contribution in [0.3, 0.4) is 0 Å². The molecule has 7 heteroatoms. The topological polar surface area (TPSA) is 94.3 Å². The first-order valence-corrected chi connectivity index (χ1v) is 7.34. The summed E-state index contributed by atoms with van der Waals surface area (Å²) in [6, 6.07) is 10.6. The third-order valence-electron chi connectivity index (χ3n) is 3.60. The molecule has 120 valence electrons. The molecule has 4 aromatic rings. The van der Waals surface area contributed by atoms with Crippen molar-refractivity contribution in [1.29, 1.82) is 0 Å². The standard InChI is InChI=1S/C17H13N3O4/c1-10-7-16(21)23-14-8-11(4-5-12(10)14)18-9-15-19-17(20-24-15)13-3-2-6-22-13/h2-8,18H,9H2,1H3. The number of anilines is 1. The maximum Gasteiger partial charge on any atom is 0.336 e. The largest absolute Gasteiger partial charge is 0.461 e. The van der Waals surface area contributed by atoms with Crippen molar-refractivity contribution in [2.24, 2.45) is 0 Å². The van der Waals surface area contributed by atoms with Gasteiger partial charge in [-0.05, 0) is 36.8 Å². The molecule has 0 fully saturated rings. The van der Waals surface area contributed by atoms with Gasteiger partial charge >= 0.3 is 5.63 Å². The van der Waals surface area contributed by atoms with Gasteiger partial charge in [-0.25, -0.2) is 4.79 Å². The summed E-state index contributed by atoms with van der Waals surface area (Å²) in [5, 5.41) is 7.93. The number of nitrogens with zero attached hydrogens (tertiary/aromatic N) is 2. The molecule has 0 aliphatic heterocycles. The van der Waals surface area contributed by atoms with E-state index in [0.717, 1.165) is 16.6 Å². The van der Waals surface area contributed by atoms with E-state index in [4.69, 9.17) is 13.4 Å². The number of hydrogen-bond acceptors (Lipinski definition) is 7. The van der Waals surface area contributed by atoms with E-state index in [1.165, 1.54) is 6.07 Å². The minimum absolute atomic E-state index is 0.343. The summed E-state index contributed by atoms with van der Waals surface area (Å²) < 4.78 is 15.6.